The molecular weight excluding hydrogens is 342 g/mol. The molecule has 1 heterocycles. The Morgan fingerprint density at radius 3 is 2.00 bits per heavy atom. The number of nitrogen functional groups attached to an aromatic ring is 1. The van der Waals surface area contributed by atoms with Crippen LogP contribution >= 0.6 is 0 Å². The Morgan fingerprint density at radius 1 is 0.893 bits per heavy atom. The molecule has 0 saturated heterocycles. The summed E-state index contributed by atoms with van der Waals surface area (Å²) in [6.07, 6.45) is 4.72. The van der Waals surface area contributed by atoms with Gasteiger partial charge in [0.1, 0.15) is 5.66 Å². The van der Waals surface area contributed by atoms with Crippen LogP contribution in [0.2, 0.25) is 0 Å². The predicted octanol–water partition coefficient (Wildman–Crippen LogP) is 6.66. The summed E-state index contributed by atoms with van der Waals surface area (Å²) in [6.45, 7) is 16.3. The Hall–Kier alpha value is -1.90. The van der Waals surface area contributed by atoms with E-state index in [0.717, 1.165) is 25.2 Å². The van der Waals surface area contributed by atoms with Crippen molar-refractivity contribution in [2.45, 2.75) is 72.9 Å². The fourth-order valence-electron chi connectivity index (χ4n) is 4.72. The van der Waals surface area contributed by atoms with Crippen molar-refractivity contribution in [3.05, 3.63) is 30.3 Å². The minimum Gasteiger partial charge on any atom is -0.398 e. The molecule has 28 heavy (non-hydrogen) atoms. The molecule has 3 atom stereocenters. The van der Waals surface area contributed by atoms with Crippen molar-refractivity contribution in [1.29, 1.82) is 0 Å². The van der Waals surface area contributed by atoms with Gasteiger partial charge in [-0.25, -0.2) is 0 Å². The molecule has 0 amide bonds. The molecule has 0 spiro atoms. The highest BCUT2D eigenvalue weighted by molar-refractivity contribution is 6.10. The summed E-state index contributed by atoms with van der Waals surface area (Å²) in [4.78, 5) is 5.39. The second-order valence-corrected chi connectivity index (χ2v) is 9.09. The highest BCUT2D eigenvalue weighted by Gasteiger charge is 2.43. The van der Waals surface area contributed by atoms with E-state index in [1.54, 1.807) is 0 Å². The van der Waals surface area contributed by atoms with Gasteiger partial charge in [-0.3, -0.25) is 0 Å². The average molecular weight is 382 g/mol. The summed E-state index contributed by atoms with van der Waals surface area (Å²) in [5.74, 6) is 1.30. The van der Waals surface area contributed by atoms with E-state index in [-0.39, 0.29) is 5.66 Å². The third-order valence-corrected chi connectivity index (χ3v) is 6.88. The molecule has 3 rings (SSSR count). The molecule has 0 bridgehead atoms. The normalized spacial score (nSPS) is 21.2. The van der Waals surface area contributed by atoms with Gasteiger partial charge in [0.2, 0.25) is 0 Å². The number of benzene rings is 2. The standard InChI is InChI=1S/C25H39N3/c1-7-15-25(6)27(16-18(4)8-2)22-12-10-11-20-21(26)13-14-23(24(20)22)28(25)17-19(5)9-3/h10-14,18-19H,7-9,15-17,26H2,1-6H3. The van der Waals surface area contributed by atoms with Crippen molar-refractivity contribution in [3.63, 3.8) is 0 Å². The highest BCUT2D eigenvalue weighted by Crippen LogP contribution is 2.49. The van der Waals surface area contributed by atoms with Crippen LogP contribution in [0.15, 0.2) is 30.3 Å². The molecule has 2 aromatic carbocycles. The van der Waals surface area contributed by atoms with E-state index in [9.17, 15) is 0 Å². The van der Waals surface area contributed by atoms with Crippen molar-refractivity contribution >= 4 is 27.8 Å². The van der Waals surface area contributed by atoms with Gasteiger partial charge in [0.15, 0.2) is 0 Å². The first kappa shape index (κ1) is 20.8. The summed E-state index contributed by atoms with van der Waals surface area (Å²) in [6, 6.07) is 11.0. The summed E-state index contributed by atoms with van der Waals surface area (Å²) in [5.41, 5.74) is 9.99. The molecule has 3 nitrogen and oxygen atoms in total. The number of nitrogens with zero attached hydrogens (tertiary/aromatic N) is 2. The number of hydrogen-bond acceptors (Lipinski definition) is 3. The Morgan fingerprint density at radius 2 is 1.46 bits per heavy atom. The smallest absolute Gasteiger partial charge is 0.110 e. The van der Waals surface area contributed by atoms with Crippen LogP contribution in [-0.2, 0) is 0 Å². The third kappa shape index (κ3) is 3.44. The van der Waals surface area contributed by atoms with Gasteiger partial charge < -0.3 is 15.5 Å². The zero-order valence-electron chi connectivity index (χ0n) is 18.8. The number of rotatable bonds is 8. The van der Waals surface area contributed by atoms with Crippen LogP contribution in [0.3, 0.4) is 0 Å². The number of hydrogen-bond donors (Lipinski definition) is 1. The first-order chi connectivity index (χ1) is 13.4. The Labute approximate surface area is 171 Å². The molecule has 1 aliphatic rings. The fraction of sp³-hybridized carbons (Fsp3) is 0.600. The van der Waals surface area contributed by atoms with Crippen LogP contribution < -0.4 is 15.5 Å². The predicted molar refractivity (Wildman–Crippen MR) is 125 cm³/mol. The first-order valence-electron chi connectivity index (χ1n) is 11.2. The lowest BCUT2D eigenvalue weighted by molar-refractivity contribution is 0.324. The van der Waals surface area contributed by atoms with Gasteiger partial charge in [-0.2, -0.15) is 0 Å². The fourth-order valence-corrected chi connectivity index (χ4v) is 4.72. The molecule has 0 saturated carbocycles. The highest BCUT2D eigenvalue weighted by atomic mass is 15.4. The monoisotopic (exact) mass is 381 g/mol. The third-order valence-electron chi connectivity index (χ3n) is 6.88. The van der Waals surface area contributed by atoms with Crippen molar-refractivity contribution in [3.8, 4) is 0 Å². The minimum absolute atomic E-state index is 0.0149. The van der Waals surface area contributed by atoms with Crippen molar-refractivity contribution < 1.29 is 0 Å². The summed E-state index contributed by atoms with van der Waals surface area (Å²) in [7, 11) is 0. The largest absolute Gasteiger partial charge is 0.398 e. The van der Waals surface area contributed by atoms with Gasteiger partial charge in [0, 0.05) is 40.9 Å². The molecule has 2 aromatic rings. The van der Waals surface area contributed by atoms with Gasteiger partial charge in [-0.15, -0.1) is 0 Å². The number of nitrogens with two attached hydrogens (primary N) is 1. The molecule has 3 heteroatoms. The summed E-state index contributed by atoms with van der Waals surface area (Å²) < 4.78 is 0. The van der Waals surface area contributed by atoms with Crippen LogP contribution in [-0.4, -0.2) is 18.8 Å². The second kappa shape index (κ2) is 8.23. The van der Waals surface area contributed by atoms with Crippen LogP contribution in [0.5, 0.6) is 0 Å². The lowest BCUT2D eigenvalue weighted by Crippen LogP contribution is -2.63. The average Bonchev–Trinajstić information content (AvgIpc) is 2.69. The molecule has 3 unspecified atom stereocenters. The van der Waals surface area contributed by atoms with E-state index in [1.165, 1.54) is 41.4 Å². The van der Waals surface area contributed by atoms with E-state index < -0.39 is 0 Å². The van der Waals surface area contributed by atoms with Crippen LogP contribution in [0, 0.1) is 11.8 Å². The lowest BCUT2D eigenvalue weighted by atomic mass is 9.89. The van der Waals surface area contributed by atoms with Gasteiger partial charge in [-0.1, -0.05) is 66.0 Å². The topological polar surface area (TPSA) is 32.5 Å². The molecule has 1 aliphatic heterocycles. The van der Waals surface area contributed by atoms with Gasteiger partial charge in [0.25, 0.3) is 0 Å². The van der Waals surface area contributed by atoms with Crippen molar-refractivity contribution in [2.75, 3.05) is 28.6 Å². The second-order valence-electron chi connectivity index (χ2n) is 9.09. The molecule has 0 aliphatic carbocycles. The van der Waals surface area contributed by atoms with E-state index in [4.69, 9.17) is 5.73 Å². The molecule has 0 radical (unpaired) electrons. The van der Waals surface area contributed by atoms with E-state index in [1.807, 2.05) is 0 Å². The maximum atomic E-state index is 6.41. The van der Waals surface area contributed by atoms with E-state index in [0.29, 0.717) is 11.8 Å². The van der Waals surface area contributed by atoms with Gasteiger partial charge >= 0.3 is 0 Å². The number of anilines is 3. The quantitative estimate of drug-likeness (QED) is 0.519. The van der Waals surface area contributed by atoms with Gasteiger partial charge in [0.05, 0.1) is 0 Å². The maximum absolute atomic E-state index is 6.41. The Balaban J connectivity index is 2.27. The van der Waals surface area contributed by atoms with Crippen LogP contribution in [0.4, 0.5) is 17.1 Å². The Bertz CT molecular complexity index is 787. The molecule has 2 N–H and O–H groups in total. The Kier molecular flexibility index (Phi) is 6.12. The molecule has 0 aromatic heterocycles. The lowest BCUT2D eigenvalue weighted by Gasteiger charge is -2.56. The minimum atomic E-state index is -0.0149. The van der Waals surface area contributed by atoms with Crippen LogP contribution in [0.25, 0.3) is 10.8 Å². The first-order valence-corrected chi connectivity index (χ1v) is 11.2. The van der Waals surface area contributed by atoms with Gasteiger partial charge in [-0.05, 0) is 43.4 Å². The van der Waals surface area contributed by atoms with Crippen molar-refractivity contribution in [1.82, 2.24) is 0 Å². The molecule has 154 valence electrons. The zero-order valence-corrected chi connectivity index (χ0v) is 18.8. The van der Waals surface area contributed by atoms with E-state index >= 15 is 0 Å². The SMILES string of the molecule is CCCC1(C)N(CC(C)CC)c2cccc3c(N)ccc(c23)N1CC(C)CC. The summed E-state index contributed by atoms with van der Waals surface area (Å²) in [5, 5.41) is 2.53. The van der Waals surface area contributed by atoms with Crippen LogP contribution in [0.1, 0.15) is 67.2 Å². The zero-order chi connectivity index (χ0) is 20.5. The maximum Gasteiger partial charge on any atom is 0.110 e. The van der Waals surface area contributed by atoms with E-state index in [2.05, 4.69) is 81.7 Å². The summed E-state index contributed by atoms with van der Waals surface area (Å²) >= 11 is 0. The molecule has 0 fully saturated rings. The molecular formula is C25H39N3. The van der Waals surface area contributed by atoms with Crippen molar-refractivity contribution in [2.24, 2.45) is 11.8 Å².